The Kier molecular flexibility index (Phi) is 5.36. The Morgan fingerprint density at radius 2 is 1.94 bits per heavy atom. The van der Waals surface area contributed by atoms with Crippen LogP contribution in [-0.2, 0) is 6.18 Å². The number of pyridine rings is 2. The Morgan fingerprint density at radius 3 is 2.58 bits per heavy atom. The first kappa shape index (κ1) is 20.8. The number of aromatic amines is 1. The molecule has 0 aliphatic rings. The number of alkyl halides is 3. The van der Waals surface area contributed by atoms with Crippen LogP contribution in [0.3, 0.4) is 0 Å². The number of rotatable bonds is 4. The van der Waals surface area contributed by atoms with E-state index in [1.54, 1.807) is 12.1 Å². The van der Waals surface area contributed by atoms with E-state index in [1.807, 2.05) is 6.92 Å². The van der Waals surface area contributed by atoms with Crippen LogP contribution < -0.4 is 5.32 Å². The molecule has 0 radical (unpaired) electrons. The molecule has 0 atom stereocenters. The standard InChI is InChI=1S/C21H15ClF3N5O/c1-2-26-20(31)12-7-14(22)18(28-10-12)11-3-5-16(27-9-11)19-29-15-6-4-13(21(23,24)25)8-17(15)30-19/h3-10H,2H2,1H3,(H,26,31)(H,29,30). The molecule has 1 aromatic carbocycles. The molecular formula is C21H15ClF3N5O. The van der Waals surface area contributed by atoms with E-state index in [2.05, 4.69) is 25.3 Å². The van der Waals surface area contributed by atoms with E-state index in [0.717, 1.165) is 12.1 Å². The molecule has 0 spiro atoms. The number of halogens is 4. The summed E-state index contributed by atoms with van der Waals surface area (Å²) in [5.74, 6) is 0.0713. The number of H-pyrrole nitrogens is 1. The molecule has 3 heterocycles. The van der Waals surface area contributed by atoms with Crippen molar-refractivity contribution < 1.29 is 18.0 Å². The molecule has 31 heavy (non-hydrogen) atoms. The number of fused-ring (bicyclic) bond motifs is 1. The summed E-state index contributed by atoms with van der Waals surface area (Å²) in [5.41, 5.74) is 1.78. The van der Waals surface area contributed by atoms with Gasteiger partial charge in [-0.25, -0.2) is 4.98 Å². The molecule has 6 nitrogen and oxygen atoms in total. The van der Waals surface area contributed by atoms with Gasteiger partial charge in [0.25, 0.3) is 5.91 Å². The molecule has 10 heteroatoms. The Balaban J connectivity index is 1.62. The first-order valence-electron chi connectivity index (χ1n) is 9.23. The number of carbonyl (C=O) groups is 1. The Bertz CT molecular complexity index is 1270. The number of hydrogen-bond donors (Lipinski definition) is 2. The van der Waals surface area contributed by atoms with Crippen LogP contribution in [-0.4, -0.2) is 32.4 Å². The smallest absolute Gasteiger partial charge is 0.352 e. The van der Waals surface area contributed by atoms with Crippen molar-refractivity contribution in [3.63, 3.8) is 0 Å². The topological polar surface area (TPSA) is 83.6 Å². The van der Waals surface area contributed by atoms with Crippen molar-refractivity contribution in [3.05, 3.63) is 64.9 Å². The summed E-state index contributed by atoms with van der Waals surface area (Å²) in [4.78, 5) is 27.7. The lowest BCUT2D eigenvalue weighted by Crippen LogP contribution is -2.22. The molecule has 0 unspecified atom stereocenters. The van der Waals surface area contributed by atoms with Gasteiger partial charge in [0.15, 0.2) is 5.82 Å². The van der Waals surface area contributed by atoms with Crippen molar-refractivity contribution in [3.8, 4) is 22.8 Å². The van der Waals surface area contributed by atoms with Crippen LogP contribution in [0.25, 0.3) is 33.8 Å². The zero-order valence-corrected chi connectivity index (χ0v) is 16.8. The summed E-state index contributed by atoms with van der Waals surface area (Å²) in [6.45, 7) is 2.30. The number of aromatic nitrogens is 4. The fourth-order valence-electron chi connectivity index (χ4n) is 3.02. The maximum atomic E-state index is 12.9. The van der Waals surface area contributed by atoms with Crippen molar-refractivity contribution in [2.24, 2.45) is 0 Å². The van der Waals surface area contributed by atoms with Gasteiger partial charge in [-0.3, -0.25) is 14.8 Å². The van der Waals surface area contributed by atoms with E-state index in [4.69, 9.17) is 11.6 Å². The molecule has 0 saturated heterocycles. The van der Waals surface area contributed by atoms with Crippen molar-refractivity contribution in [2.45, 2.75) is 13.1 Å². The molecule has 158 valence electrons. The van der Waals surface area contributed by atoms with Crippen LogP contribution in [0.4, 0.5) is 13.2 Å². The number of nitrogens with zero attached hydrogens (tertiary/aromatic N) is 3. The molecule has 4 rings (SSSR count). The van der Waals surface area contributed by atoms with Gasteiger partial charge in [-0.2, -0.15) is 13.2 Å². The SMILES string of the molecule is CCNC(=O)c1cnc(-c2ccc(-c3nc4ccc(C(F)(F)F)cc4[nH]3)nc2)c(Cl)c1. The normalized spacial score (nSPS) is 11.6. The highest BCUT2D eigenvalue weighted by Gasteiger charge is 2.30. The molecule has 3 aromatic heterocycles. The van der Waals surface area contributed by atoms with Crippen molar-refractivity contribution in [1.29, 1.82) is 0 Å². The summed E-state index contributed by atoms with van der Waals surface area (Å²) in [6.07, 6.45) is -1.47. The zero-order chi connectivity index (χ0) is 22.2. The summed E-state index contributed by atoms with van der Waals surface area (Å²) < 4.78 is 38.7. The van der Waals surface area contributed by atoms with Gasteiger partial charge in [-0.1, -0.05) is 11.6 Å². The van der Waals surface area contributed by atoms with Crippen LogP contribution in [0, 0.1) is 0 Å². The summed E-state index contributed by atoms with van der Waals surface area (Å²) in [6, 6.07) is 8.22. The number of hydrogen-bond acceptors (Lipinski definition) is 4. The summed E-state index contributed by atoms with van der Waals surface area (Å²) in [7, 11) is 0. The molecule has 1 amide bonds. The van der Waals surface area contributed by atoms with Crippen molar-refractivity contribution in [2.75, 3.05) is 6.54 Å². The Hall–Kier alpha value is -3.46. The Labute approximate surface area is 179 Å². The highest BCUT2D eigenvalue weighted by molar-refractivity contribution is 6.33. The number of benzene rings is 1. The molecule has 0 saturated carbocycles. The average molecular weight is 446 g/mol. The van der Waals surface area contributed by atoms with Crippen LogP contribution in [0.1, 0.15) is 22.8 Å². The number of amides is 1. The van der Waals surface area contributed by atoms with Gasteiger partial charge in [0.1, 0.15) is 5.69 Å². The highest BCUT2D eigenvalue weighted by Crippen LogP contribution is 2.32. The van der Waals surface area contributed by atoms with E-state index in [1.165, 1.54) is 24.5 Å². The monoisotopic (exact) mass is 445 g/mol. The van der Waals surface area contributed by atoms with Gasteiger partial charge in [0.05, 0.1) is 32.9 Å². The second kappa shape index (κ2) is 7.99. The molecule has 2 N–H and O–H groups in total. The van der Waals surface area contributed by atoms with Gasteiger partial charge in [0, 0.05) is 24.5 Å². The highest BCUT2D eigenvalue weighted by atomic mass is 35.5. The summed E-state index contributed by atoms with van der Waals surface area (Å²) in [5, 5.41) is 2.97. The zero-order valence-electron chi connectivity index (χ0n) is 16.1. The minimum Gasteiger partial charge on any atom is -0.352 e. The second-order valence-electron chi connectivity index (χ2n) is 6.66. The van der Waals surface area contributed by atoms with Crippen LogP contribution in [0.5, 0.6) is 0 Å². The third kappa shape index (κ3) is 4.22. The predicted octanol–water partition coefficient (Wildman–Crippen LogP) is 5.11. The third-order valence-electron chi connectivity index (χ3n) is 4.53. The van der Waals surface area contributed by atoms with E-state index in [-0.39, 0.29) is 11.4 Å². The van der Waals surface area contributed by atoms with Gasteiger partial charge in [-0.05, 0) is 43.3 Å². The number of carbonyl (C=O) groups excluding carboxylic acids is 1. The molecule has 0 aliphatic heterocycles. The van der Waals surface area contributed by atoms with Gasteiger partial charge in [-0.15, -0.1) is 0 Å². The molecule has 4 aromatic rings. The molecule has 0 bridgehead atoms. The second-order valence-corrected chi connectivity index (χ2v) is 7.07. The number of nitrogens with one attached hydrogen (secondary N) is 2. The lowest BCUT2D eigenvalue weighted by Gasteiger charge is -2.07. The molecule has 0 aliphatic carbocycles. The first-order chi connectivity index (χ1) is 14.8. The van der Waals surface area contributed by atoms with Crippen LogP contribution in [0.15, 0.2) is 48.8 Å². The number of imidazole rings is 1. The van der Waals surface area contributed by atoms with Gasteiger partial charge >= 0.3 is 6.18 Å². The average Bonchev–Trinajstić information content (AvgIpc) is 3.17. The lowest BCUT2D eigenvalue weighted by atomic mass is 10.1. The Morgan fingerprint density at radius 1 is 1.13 bits per heavy atom. The largest absolute Gasteiger partial charge is 0.416 e. The fraction of sp³-hybridized carbons (Fsp3) is 0.143. The first-order valence-corrected chi connectivity index (χ1v) is 9.61. The quantitative estimate of drug-likeness (QED) is 0.457. The fourth-order valence-corrected chi connectivity index (χ4v) is 3.29. The van der Waals surface area contributed by atoms with Gasteiger partial charge < -0.3 is 10.3 Å². The van der Waals surface area contributed by atoms with Crippen LogP contribution >= 0.6 is 11.6 Å². The van der Waals surface area contributed by atoms with Crippen LogP contribution in [0.2, 0.25) is 5.02 Å². The maximum absolute atomic E-state index is 12.9. The van der Waals surface area contributed by atoms with Gasteiger partial charge in [0.2, 0.25) is 0 Å². The maximum Gasteiger partial charge on any atom is 0.416 e. The van der Waals surface area contributed by atoms with E-state index < -0.39 is 11.7 Å². The van der Waals surface area contributed by atoms with E-state index in [0.29, 0.717) is 45.4 Å². The summed E-state index contributed by atoms with van der Waals surface area (Å²) >= 11 is 6.29. The minimum atomic E-state index is -4.43. The third-order valence-corrected chi connectivity index (χ3v) is 4.82. The van der Waals surface area contributed by atoms with E-state index in [9.17, 15) is 18.0 Å². The predicted molar refractivity (Wildman–Crippen MR) is 111 cm³/mol. The van der Waals surface area contributed by atoms with Crippen molar-refractivity contribution >= 4 is 28.5 Å². The molecular weight excluding hydrogens is 431 g/mol. The molecule has 0 fully saturated rings. The lowest BCUT2D eigenvalue weighted by molar-refractivity contribution is -0.137. The minimum absolute atomic E-state index is 0.265. The van der Waals surface area contributed by atoms with E-state index >= 15 is 0 Å². The van der Waals surface area contributed by atoms with Crippen molar-refractivity contribution in [1.82, 2.24) is 25.3 Å².